The predicted molar refractivity (Wildman–Crippen MR) is 89.0 cm³/mol. The molecule has 0 aliphatic carbocycles. The van der Waals surface area contributed by atoms with Gasteiger partial charge in [0, 0.05) is 5.56 Å². The Morgan fingerprint density at radius 3 is 2.39 bits per heavy atom. The van der Waals surface area contributed by atoms with Crippen molar-refractivity contribution < 1.29 is 26.7 Å². The van der Waals surface area contributed by atoms with Gasteiger partial charge in [-0.1, -0.05) is 0 Å². The number of hydrazine groups is 1. The molecule has 0 atom stereocenters. The molecular weight excluding hydrogens is 385 g/mol. The van der Waals surface area contributed by atoms with Crippen molar-refractivity contribution in [2.45, 2.75) is 12.7 Å². The van der Waals surface area contributed by atoms with Crippen LogP contribution in [0.15, 0.2) is 48.7 Å². The van der Waals surface area contributed by atoms with Crippen LogP contribution in [0.25, 0.3) is 11.3 Å². The van der Waals surface area contributed by atoms with Gasteiger partial charge in [-0.2, -0.15) is 22.7 Å². The van der Waals surface area contributed by atoms with Crippen LogP contribution in [0.4, 0.5) is 27.6 Å². The summed E-state index contributed by atoms with van der Waals surface area (Å²) in [6, 6.07) is 8.38. The van der Waals surface area contributed by atoms with E-state index in [0.29, 0.717) is 10.2 Å². The maximum atomic E-state index is 13.0. The lowest BCUT2D eigenvalue weighted by Crippen LogP contribution is -2.32. The van der Waals surface area contributed by atoms with Crippen LogP contribution in [0.2, 0.25) is 0 Å². The number of pyridine rings is 1. The zero-order valence-electron chi connectivity index (χ0n) is 14.0. The lowest BCUT2D eigenvalue weighted by molar-refractivity contribution is -0.142. The first kappa shape index (κ1) is 19.3. The van der Waals surface area contributed by atoms with Gasteiger partial charge in [0.15, 0.2) is 0 Å². The van der Waals surface area contributed by atoms with E-state index in [2.05, 4.69) is 20.9 Å². The van der Waals surface area contributed by atoms with E-state index in [-0.39, 0.29) is 17.1 Å². The number of hydrogen-bond donors (Lipinski definition) is 2. The van der Waals surface area contributed by atoms with Gasteiger partial charge < -0.3 is 0 Å². The molecule has 0 spiro atoms. The predicted octanol–water partition coefficient (Wildman–Crippen LogP) is 3.54. The third kappa shape index (κ3) is 4.81. The van der Waals surface area contributed by atoms with E-state index in [9.17, 15) is 26.7 Å². The number of amides is 1. The highest BCUT2D eigenvalue weighted by Crippen LogP contribution is 2.23. The van der Waals surface area contributed by atoms with Crippen molar-refractivity contribution in [2.75, 3.05) is 5.43 Å². The van der Waals surface area contributed by atoms with Gasteiger partial charge in [0.05, 0.1) is 17.6 Å². The monoisotopic (exact) mass is 397 g/mol. The highest BCUT2D eigenvalue weighted by atomic mass is 19.4. The van der Waals surface area contributed by atoms with Gasteiger partial charge in [0.1, 0.15) is 18.1 Å². The molecule has 0 saturated carbocycles. The van der Waals surface area contributed by atoms with Crippen LogP contribution >= 0.6 is 0 Å². The lowest BCUT2D eigenvalue weighted by Gasteiger charge is -2.11. The van der Waals surface area contributed by atoms with Crippen molar-refractivity contribution in [2.24, 2.45) is 0 Å². The maximum Gasteiger partial charge on any atom is 0.408 e. The number of nitrogens with one attached hydrogen (secondary N) is 2. The number of aromatic nitrogens is 3. The average molecular weight is 397 g/mol. The van der Waals surface area contributed by atoms with Crippen LogP contribution in [0.3, 0.4) is 0 Å². The lowest BCUT2D eigenvalue weighted by atomic mass is 10.1. The molecule has 146 valence electrons. The maximum absolute atomic E-state index is 13.0. The van der Waals surface area contributed by atoms with Crippen LogP contribution < -0.4 is 10.9 Å². The van der Waals surface area contributed by atoms with E-state index in [1.165, 1.54) is 18.2 Å². The fraction of sp³-hybridized carbons (Fsp3) is 0.118. The van der Waals surface area contributed by atoms with Gasteiger partial charge in [0.25, 0.3) is 5.91 Å². The molecule has 28 heavy (non-hydrogen) atoms. The Kier molecular flexibility index (Phi) is 5.25. The summed E-state index contributed by atoms with van der Waals surface area (Å²) in [5.74, 6) is -2.16. The molecule has 0 radical (unpaired) electrons. The Morgan fingerprint density at radius 1 is 1.07 bits per heavy atom. The van der Waals surface area contributed by atoms with Gasteiger partial charge in [-0.3, -0.25) is 20.3 Å². The second-order valence-corrected chi connectivity index (χ2v) is 5.64. The molecule has 0 fully saturated rings. The molecule has 0 saturated heterocycles. The summed E-state index contributed by atoms with van der Waals surface area (Å²) < 4.78 is 64.8. The molecule has 1 aromatic carbocycles. The molecule has 0 aliphatic rings. The minimum Gasteiger partial charge on any atom is -0.297 e. The minimum atomic E-state index is -4.62. The third-order valence-electron chi connectivity index (χ3n) is 3.53. The molecule has 3 rings (SSSR count). The molecule has 2 N–H and O–H groups in total. The van der Waals surface area contributed by atoms with E-state index in [0.717, 1.165) is 30.5 Å². The first-order valence-corrected chi connectivity index (χ1v) is 7.80. The SMILES string of the molecule is O=C(NNc1ccc(F)nc1)c1cc(-c2ccc(F)cc2)nn1CC(F)(F)F. The average Bonchev–Trinajstić information content (AvgIpc) is 3.03. The number of benzene rings is 1. The zero-order chi connectivity index (χ0) is 20.3. The summed E-state index contributed by atoms with van der Waals surface area (Å²) in [4.78, 5) is 15.7. The van der Waals surface area contributed by atoms with Crippen molar-refractivity contribution in [3.8, 4) is 11.3 Å². The van der Waals surface area contributed by atoms with Crippen molar-refractivity contribution in [3.63, 3.8) is 0 Å². The molecule has 1 amide bonds. The Hall–Kier alpha value is -3.50. The van der Waals surface area contributed by atoms with E-state index in [1.54, 1.807) is 0 Å². The van der Waals surface area contributed by atoms with E-state index >= 15 is 0 Å². The van der Waals surface area contributed by atoms with Crippen molar-refractivity contribution in [1.29, 1.82) is 0 Å². The van der Waals surface area contributed by atoms with E-state index < -0.39 is 30.4 Å². The number of carbonyl (C=O) groups excluding carboxylic acids is 1. The molecule has 11 heteroatoms. The Morgan fingerprint density at radius 2 is 1.79 bits per heavy atom. The number of halogens is 5. The number of hydrogen-bond acceptors (Lipinski definition) is 4. The first-order chi connectivity index (χ1) is 13.2. The Bertz CT molecular complexity index is 967. The molecular formula is C17H12F5N5O. The van der Waals surface area contributed by atoms with Crippen LogP contribution in [-0.4, -0.2) is 26.8 Å². The summed E-state index contributed by atoms with van der Waals surface area (Å²) in [6.45, 7) is -1.49. The summed E-state index contributed by atoms with van der Waals surface area (Å²) >= 11 is 0. The molecule has 2 heterocycles. The van der Waals surface area contributed by atoms with Crippen LogP contribution in [0.1, 0.15) is 10.5 Å². The number of nitrogens with zero attached hydrogens (tertiary/aromatic N) is 3. The minimum absolute atomic E-state index is 0.0675. The Balaban J connectivity index is 1.85. The normalized spacial score (nSPS) is 11.3. The highest BCUT2D eigenvalue weighted by Gasteiger charge is 2.31. The largest absolute Gasteiger partial charge is 0.408 e. The first-order valence-electron chi connectivity index (χ1n) is 7.80. The zero-order valence-corrected chi connectivity index (χ0v) is 14.0. The van der Waals surface area contributed by atoms with Gasteiger partial charge in [-0.05, 0) is 42.5 Å². The van der Waals surface area contributed by atoms with E-state index in [4.69, 9.17) is 0 Å². The smallest absolute Gasteiger partial charge is 0.297 e. The van der Waals surface area contributed by atoms with Gasteiger partial charge in [-0.15, -0.1) is 0 Å². The molecule has 0 bridgehead atoms. The Labute approximate surface area is 155 Å². The van der Waals surface area contributed by atoms with Crippen LogP contribution in [0, 0.1) is 11.8 Å². The standard InChI is InChI=1S/C17H12F5N5O/c18-11-3-1-10(2-4-11)13-7-14(27(26-13)9-17(20,21)22)16(28)25-24-12-5-6-15(19)23-8-12/h1-8,24H,9H2,(H,25,28). The van der Waals surface area contributed by atoms with Crippen LogP contribution in [-0.2, 0) is 6.54 Å². The van der Waals surface area contributed by atoms with Gasteiger partial charge in [0.2, 0.25) is 5.95 Å². The number of rotatable bonds is 5. The summed E-state index contributed by atoms with van der Waals surface area (Å²) in [7, 11) is 0. The summed E-state index contributed by atoms with van der Waals surface area (Å²) in [5.41, 5.74) is 4.86. The molecule has 0 unspecified atom stereocenters. The summed E-state index contributed by atoms with van der Waals surface area (Å²) in [5, 5.41) is 3.81. The fourth-order valence-electron chi connectivity index (χ4n) is 2.29. The number of anilines is 1. The second-order valence-electron chi connectivity index (χ2n) is 5.64. The molecule has 0 aliphatic heterocycles. The fourth-order valence-corrected chi connectivity index (χ4v) is 2.29. The van der Waals surface area contributed by atoms with Crippen molar-refractivity contribution in [3.05, 3.63) is 66.1 Å². The number of carbonyl (C=O) groups is 1. The van der Waals surface area contributed by atoms with Crippen molar-refractivity contribution >= 4 is 11.6 Å². The quantitative estimate of drug-likeness (QED) is 0.393. The highest BCUT2D eigenvalue weighted by molar-refractivity contribution is 5.94. The molecule has 2 aromatic heterocycles. The summed E-state index contributed by atoms with van der Waals surface area (Å²) in [6.07, 6.45) is -3.53. The topological polar surface area (TPSA) is 71.8 Å². The van der Waals surface area contributed by atoms with Gasteiger partial charge >= 0.3 is 6.18 Å². The molecule has 3 aromatic rings. The molecule has 6 nitrogen and oxygen atoms in total. The number of alkyl halides is 3. The van der Waals surface area contributed by atoms with Crippen molar-refractivity contribution in [1.82, 2.24) is 20.2 Å². The van der Waals surface area contributed by atoms with Crippen LogP contribution in [0.5, 0.6) is 0 Å². The van der Waals surface area contributed by atoms with E-state index in [1.807, 2.05) is 0 Å². The van der Waals surface area contributed by atoms with Gasteiger partial charge in [-0.25, -0.2) is 9.37 Å². The second kappa shape index (κ2) is 7.62. The third-order valence-corrected chi connectivity index (χ3v) is 3.53.